The van der Waals surface area contributed by atoms with Crippen molar-refractivity contribution in [2.45, 2.75) is 64.2 Å². The second-order valence-corrected chi connectivity index (χ2v) is 10.2. The molecule has 0 bridgehead atoms. The molecule has 0 radical (unpaired) electrons. The topological polar surface area (TPSA) is 9.23 Å². The van der Waals surface area contributed by atoms with Crippen molar-refractivity contribution in [1.82, 2.24) is 0 Å². The van der Waals surface area contributed by atoms with Gasteiger partial charge < -0.3 is 4.74 Å². The van der Waals surface area contributed by atoms with Crippen LogP contribution < -0.4 is 0 Å². The highest BCUT2D eigenvalue weighted by Crippen LogP contribution is 2.34. The fraction of sp³-hybridized carbons (Fsp3) is 0.467. The van der Waals surface area contributed by atoms with Gasteiger partial charge in [-0.25, -0.2) is 4.39 Å². The van der Waals surface area contributed by atoms with E-state index in [9.17, 15) is 0 Å². The lowest BCUT2D eigenvalue weighted by Gasteiger charge is -2.28. The first kappa shape index (κ1) is 24.2. The maximum Gasteiger partial charge on any atom is 0.134 e. The van der Waals surface area contributed by atoms with E-state index in [2.05, 4.69) is 18.2 Å². The summed E-state index contributed by atoms with van der Waals surface area (Å²) in [6.45, 7) is 0.895. The fourth-order valence-electron chi connectivity index (χ4n) is 5.36. The van der Waals surface area contributed by atoms with E-state index in [1.54, 1.807) is 7.11 Å². The van der Waals surface area contributed by atoms with Gasteiger partial charge in [0.25, 0.3) is 0 Å². The number of benzene rings is 3. The van der Waals surface area contributed by atoms with Crippen LogP contribution in [0.4, 0.5) is 4.39 Å². The van der Waals surface area contributed by atoms with Gasteiger partial charge in [-0.15, -0.1) is 0 Å². The smallest absolute Gasteiger partial charge is 0.134 e. The Bertz CT molecular complexity index is 1020. The Morgan fingerprint density at radius 1 is 0.818 bits per heavy atom. The molecule has 0 spiro atoms. The Labute approximate surface area is 203 Å². The Balaban J connectivity index is 1.30. The third kappa shape index (κ3) is 6.80. The lowest BCUT2D eigenvalue weighted by atomic mass is 9.78. The van der Waals surface area contributed by atoms with Crippen LogP contribution in [0.25, 0.3) is 10.8 Å². The van der Waals surface area contributed by atoms with E-state index in [-0.39, 0.29) is 5.82 Å². The van der Waals surface area contributed by atoms with Crippen molar-refractivity contribution in [1.29, 1.82) is 0 Å². The lowest BCUT2D eigenvalue weighted by molar-refractivity contribution is 0.175. The van der Waals surface area contributed by atoms with Crippen LogP contribution in [0.1, 0.15) is 61.6 Å². The highest BCUT2D eigenvalue weighted by atomic mass is 35.5. The Morgan fingerprint density at radius 2 is 1.52 bits per heavy atom. The van der Waals surface area contributed by atoms with Crippen LogP contribution in [0.2, 0.25) is 5.02 Å². The number of methoxy groups -OCH3 is 1. The summed E-state index contributed by atoms with van der Waals surface area (Å²) >= 11 is 5.96. The normalized spacial score (nSPS) is 18.6. The molecule has 1 fully saturated rings. The highest BCUT2D eigenvalue weighted by Gasteiger charge is 2.20. The van der Waals surface area contributed by atoms with Crippen LogP contribution in [0.5, 0.6) is 0 Å². The zero-order chi connectivity index (χ0) is 23.0. The molecular formula is C30H36ClFO. The van der Waals surface area contributed by atoms with E-state index in [1.807, 2.05) is 36.4 Å². The molecule has 1 aliphatic carbocycles. The Hall–Kier alpha value is -1.90. The molecule has 0 unspecified atom stereocenters. The number of halogens is 2. The Morgan fingerprint density at radius 3 is 2.24 bits per heavy atom. The molecule has 176 valence electrons. The van der Waals surface area contributed by atoms with Crippen LogP contribution >= 0.6 is 11.6 Å². The molecule has 0 aliphatic heterocycles. The molecule has 1 nitrogen and oxygen atoms in total. The number of hydrogen-bond donors (Lipinski definition) is 0. The molecule has 0 atom stereocenters. The molecule has 1 aliphatic rings. The standard InChI is InChI=1S/C30H36ClFO/c1-33-20-2-3-22-4-6-23(7-5-22)8-9-25-13-19-29-27(21-25)16-15-26(30(29)32)14-10-24-11-17-28(31)18-12-24/h11-13,15-19,21-23H,2-10,14,20H2,1H3. The predicted octanol–water partition coefficient (Wildman–Crippen LogP) is 8.58. The quantitative estimate of drug-likeness (QED) is 0.272. The summed E-state index contributed by atoms with van der Waals surface area (Å²) in [7, 11) is 1.79. The summed E-state index contributed by atoms with van der Waals surface area (Å²) in [4.78, 5) is 0. The van der Waals surface area contributed by atoms with E-state index < -0.39 is 0 Å². The summed E-state index contributed by atoms with van der Waals surface area (Å²) < 4.78 is 20.4. The van der Waals surface area contributed by atoms with Gasteiger partial charge in [0.15, 0.2) is 0 Å². The van der Waals surface area contributed by atoms with Crippen molar-refractivity contribution in [2.75, 3.05) is 13.7 Å². The van der Waals surface area contributed by atoms with E-state index in [0.29, 0.717) is 6.42 Å². The number of fused-ring (bicyclic) bond motifs is 1. The molecule has 0 heterocycles. The summed E-state index contributed by atoms with van der Waals surface area (Å²) in [5, 5.41) is 2.49. The van der Waals surface area contributed by atoms with E-state index in [1.165, 1.54) is 56.1 Å². The molecule has 0 aromatic heterocycles. The predicted molar refractivity (Wildman–Crippen MR) is 138 cm³/mol. The van der Waals surface area contributed by atoms with Crippen LogP contribution in [0.15, 0.2) is 54.6 Å². The van der Waals surface area contributed by atoms with Crippen molar-refractivity contribution in [3.05, 3.63) is 82.1 Å². The summed E-state index contributed by atoms with van der Waals surface area (Å²) in [5.74, 6) is 1.67. The molecule has 0 amide bonds. The van der Waals surface area contributed by atoms with Crippen LogP contribution in [0.3, 0.4) is 0 Å². The van der Waals surface area contributed by atoms with Gasteiger partial charge in [0.1, 0.15) is 5.82 Å². The zero-order valence-electron chi connectivity index (χ0n) is 19.8. The summed E-state index contributed by atoms with van der Waals surface area (Å²) in [5.41, 5.74) is 3.30. The molecule has 33 heavy (non-hydrogen) atoms. The van der Waals surface area contributed by atoms with E-state index >= 15 is 4.39 Å². The van der Waals surface area contributed by atoms with Gasteiger partial charge in [0.2, 0.25) is 0 Å². The van der Waals surface area contributed by atoms with E-state index in [0.717, 1.165) is 52.6 Å². The van der Waals surface area contributed by atoms with E-state index in [4.69, 9.17) is 16.3 Å². The second kappa shape index (κ2) is 12.0. The van der Waals surface area contributed by atoms with Crippen molar-refractivity contribution in [3.63, 3.8) is 0 Å². The average Bonchev–Trinajstić information content (AvgIpc) is 2.84. The van der Waals surface area contributed by atoms with Gasteiger partial charge in [-0.1, -0.05) is 79.7 Å². The first-order chi connectivity index (χ1) is 16.1. The molecule has 3 heteroatoms. The number of ether oxygens (including phenoxy) is 1. The summed E-state index contributed by atoms with van der Waals surface area (Å²) in [6, 6.07) is 18.2. The van der Waals surface area contributed by atoms with Gasteiger partial charge >= 0.3 is 0 Å². The van der Waals surface area contributed by atoms with Crippen LogP contribution in [-0.2, 0) is 24.0 Å². The van der Waals surface area contributed by atoms with Crippen LogP contribution in [-0.4, -0.2) is 13.7 Å². The minimum absolute atomic E-state index is 0.0696. The molecule has 3 aromatic rings. The van der Waals surface area contributed by atoms with Crippen molar-refractivity contribution in [2.24, 2.45) is 11.8 Å². The van der Waals surface area contributed by atoms with Gasteiger partial charge in [0.05, 0.1) is 0 Å². The third-order valence-electron chi connectivity index (χ3n) is 7.46. The van der Waals surface area contributed by atoms with Gasteiger partial charge in [0, 0.05) is 24.1 Å². The van der Waals surface area contributed by atoms with Gasteiger partial charge in [-0.3, -0.25) is 0 Å². The number of aryl methyl sites for hydroxylation is 3. The number of rotatable bonds is 10. The largest absolute Gasteiger partial charge is 0.385 e. The third-order valence-corrected chi connectivity index (χ3v) is 7.72. The second-order valence-electron chi connectivity index (χ2n) is 9.78. The van der Waals surface area contributed by atoms with Gasteiger partial charge in [-0.05, 0) is 84.6 Å². The minimum Gasteiger partial charge on any atom is -0.385 e. The first-order valence-electron chi connectivity index (χ1n) is 12.6. The zero-order valence-corrected chi connectivity index (χ0v) is 20.5. The van der Waals surface area contributed by atoms with Gasteiger partial charge in [-0.2, -0.15) is 0 Å². The lowest BCUT2D eigenvalue weighted by Crippen LogP contribution is -2.15. The molecule has 1 saturated carbocycles. The highest BCUT2D eigenvalue weighted by molar-refractivity contribution is 6.30. The molecule has 4 rings (SSSR count). The average molecular weight is 467 g/mol. The maximum atomic E-state index is 15.2. The first-order valence-corrected chi connectivity index (χ1v) is 12.9. The molecule has 0 N–H and O–H groups in total. The Kier molecular flexibility index (Phi) is 8.81. The number of hydrogen-bond acceptors (Lipinski definition) is 1. The molecule has 3 aromatic carbocycles. The van der Waals surface area contributed by atoms with Crippen LogP contribution in [0, 0.1) is 17.7 Å². The maximum absolute atomic E-state index is 15.2. The molecular weight excluding hydrogens is 431 g/mol. The van der Waals surface area contributed by atoms with Crippen molar-refractivity contribution in [3.8, 4) is 0 Å². The van der Waals surface area contributed by atoms with Crippen molar-refractivity contribution >= 4 is 22.4 Å². The monoisotopic (exact) mass is 466 g/mol. The SMILES string of the molecule is COCCCC1CCC(CCc2ccc3c(F)c(CCc4ccc(Cl)cc4)ccc3c2)CC1. The molecule has 0 saturated heterocycles. The summed E-state index contributed by atoms with van der Waals surface area (Å²) in [6.07, 6.45) is 11.8. The van der Waals surface area contributed by atoms with Crippen molar-refractivity contribution < 1.29 is 9.13 Å². The fourth-order valence-corrected chi connectivity index (χ4v) is 5.49. The minimum atomic E-state index is -0.0696.